The number of hydrogen-bond acceptors (Lipinski definition) is 0. The van der Waals surface area contributed by atoms with Crippen LogP contribution in [0.5, 0.6) is 0 Å². The molecule has 0 atom stereocenters. The lowest BCUT2D eigenvalue weighted by molar-refractivity contribution is 0.366. The molecule has 0 saturated heterocycles. The summed E-state index contributed by atoms with van der Waals surface area (Å²) in [6, 6.07) is 0. The first kappa shape index (κ1) is 16.9. The molecule has 0 heterocycles. The number of hydrogen-bond donors (Lipinski definition) is 0. The Morgan fingerprint density at radius 1 is 0.667 bits per heavy atom. The first-order chi connectivity index (χ1) is 8.29. The van der Waals surface area contributed by atoms with Crippen molar-refractivity contribution in [1.82, 2.24) is 0 Å². The Balaban J connectivity index is 0.000000631. The van der Waals surface area contributed by atoms with Crippen molar-refractivity contribution in [2.45, 2.75) is 46.5 Å². The Morgan fingerprint density at radius 2 is 0.944 bits per heavy atom. The normalized spacial score (nSPS) is 10.3. The molecule has 0 N–H and O–H groups in total. The first-order valence-electron chi connectivity index (χ1n) is 5.80. The summed E-state index contributed by atoms with van der Waals surface area (Å²) >= 11 is 0. The number of halogens is 5. The number of unbranched alkanes of at least 4 members (excludes halogenated alkanes) is 1. The molecule has 0 aromatic heterocycles. The lowest BCUT2D eigenvalue weighted by Gasteiger charge is -2.10. The van der Waals surface area contributed by atoms with E-state index in [2.05, 4.69) is 13.8 Å². The molecular weight excluding hydrogens is 251 g/mol. The van der Waals surface area contributed by atoms with E-state index in [0.29, 0.717) is 0 Å². The third kappa shape index (κ3) is 3.68. The van der Waals surface area contributed by atoms with Crippen LogP contribution < -0.4 is 0 Å². The minimum absolute atomic E-state index is 0.764. The molecule has 0 spiro atoms. The Hall–Kier alpha value is -1.13. The fourth-order valence-electron chi connectivity index (χ4n) is 1.13. The standard InChI is InChI=1S/C9H7F5.C4H10/c1-3(2)4-5(10)7(12)9(14)8(13)6(4)11;1-3-4-2/h3H,1-2H3;3-4H2,1-2H3. The van der Waals surface area contributed by atoms with Crippen LogP contribution >= 0.6 is 0 Å². The quantitative estimate of drug-likeness (QED) is 0.387. The third-order valence-corrected chi connectivity index (χ3v) is 2.32. The van der Waals surface area contributed by atoms with Crippen LogP contribution in [0.25, 0.3) is 0 Å². The number of benzene rings is 1. The van der Waals surface area contributed by atoms with Crippen molar-refractivity contribution >= 4 is 0 Å². The zero-order valence-electron chi connectivity index (χ0n) is 10.9. The minimum Gasteiger partial charge on any atom is -0.203 e. The Labute approximate surface area is 104 Å². The van der Waals surface area contributed by atoms with Gasteiger partial charge >= 0.3 is 0 Å². The predicted molar refractivity (Wildman–Crippen MR) is 60.9 cm³/mol. The topological polar surface area (TPSA) is 0 Å². The molecule has 0 aliphatic carbocycles. The van der Waals surface area contributed by atoms with Crippen LogP contribution in [0.4, 0.5) is 22.0 Å². The van der Waals surface area contributed by atoms with Gasteiger partial charge in [0.15, 0.2) is 23.3 Å². The second kappa shape index (κ2) is 7.34. The molecular formula is C13H17F5. The molecule has 0 nitrogen and oxygen atoms in total. The van der Waals surface area contributed by atoms with Crippen LogP contribution in [0.2, 0.25) is 0 Å². The maximum Gasteiger partial charge on any atom is 0.200 e. The van der Waals surface area contributed by atoms with Gasteiger partial charge in [-0.15, -0.1) is 0 Å². The van der Waals surface area contributed by atoms with Crippen molar-refractivity contribution in [3.8, 4) is 0 Å². The smallest absolute Gasteiger partial charge is 0.200 e. The second-order valence-corrected chi connectivity index (χ2v) is 4.14. The zero-order valence-corrected chi connectivity index (χ0v) is 10.9. The zero-order chi connectivity index (χ0) is 14.5. The lowest BCUT2D eigenvalue weighted by Crippen LogP contribution is -2.08. The van der Waals surface area contributed by atoms with E-state index >= 15 is 0 Å². The molecule has 5 heteroatoms. The number of rotatable bonds is 2. The van der Waals surface area contributed by atoms with Crippen LogP contribution in [0.15, 0.2) is 0 Å². The highest BCUT2D eigenvalue weighted by Gasteiger charge is 2.26. The molecule has 0 radical (unpaired) electrons. The predicted octanol–water partition coefficient (Wildman–Crippen LogP) is 5.31. The molecule has 0 saturated carbocycles. The molecule has 1 rings (SSSR count). The molecule has 1 aromatic rings. The summed E-state index contributed by atoms with van der Waals surface area (Å²) in [7, 11) is 0. The van der Waals surface area contributed by atoms with Crippen molar-refractivity contribution < 1.29 is 22.0 Å². The van der Waals surface area contributed by atoms with Crippen molar-refractivity contribution in [2.75, 3.05) is 0 Å². The first-order valence-corrected chi connectivity index (χ1v) is 5.80. The van der Waals surface area contributed by atoms with Crippen molar-refractivity contribution in [3.05, 3.63) is 34.6 Å². The largest absolute Gasteiger partial charge is 0.203 e. The van der Waals surface area contributed by atoms with Crippen LogP contribution in [-0.2, 0) is 0 Å². The van der Waals surface area contributed by atoms with Gasteiger partial charge in [0, 0.05) is 5.56 Å². The highest BCUT2D eigenvalue weighted by Crippen LogP contribution is 2.28. The summed E-state index contributed by atoms with van der Waals surface area (Å²) in [6.07, 6.45) is 2.64. The van der Waals surface area contributed by atoms with E-state index in [-0.39, 0.29) is 0 Å². The van der Waals surface area contributed by atoms with Crippen LogP contribution in [0.3, 0.4) is 0 Å². The molecule has 0 amide bonds. The van der Waals surface area contributed by atoms with Gasteiger partial charge in [0.05, 0.1) is 0 Å². The molecule has 0 unspecified atom stereocenters. The van der Waals surface area contributed by atoms with Gasteiger partial charge in [-0.05, 0) is 5.92 Å². The van der Waals surface area contributed by atoms with E-state index in [1.165, 1.54) is 26.7 Å². The van der Waals surface area contributed by atoms with E-state index < -0.39 is 40.6 Å². The summed E-state index contributed by atoms with van der Waals surface area (Å²) in [5, 5.41) is 0. The van der Waals surface area contributed by atoms with Crippen LogP contribution in [-0.4, -0.2) is 0 Å². The molecule has 0 fully saturated rings. The van der Waals surface area contributed by atoms with Gasteiger partial charge in [0.1, 0.15) is 0 Å². The maximum atomic E-state index is 12.9. The van der Waals surface area contributed by atoms with Gasteiger partial charge in [-0.2, -0.15) is 0 Å². The Morgan fingerprint density at radius 3 is 1.17 bits per heavy atom. The average Bonchev–Trinajstić information content (AvgIpc) is 2.34. The summed E-state index contributed by atoms with van der Waals surface area (Å²) in [5.41, 5.74) is -0.776. The highest BCUT2D eigenvalue weighted by atomic mass is 19.2. The van der Waals surface area contributed by atoms with Gasteiger partial charge in [-0.3, -0.25) is 0 Å². The SMILES string of the molecule is CC(C)c1c(F)c(F)c(F)c(F)c1F.CCCC. The summed E-state index contributed by atoms with van der Waals surface area (Å²) in [6.45, 7) is 7.05. The van der Waals surface area contributed by atoms with Crippen molar-refractivity contribution in [2.24, 2.45) is 0 Å². The molecule has 0 aliphatic rings. The van der Waals surface area contributed by atoms with Crippen LogP contribution in [0.1, 0.15) is 52.0 Å². The second-order valence-electron chi connectivity index (χ2n) is 4.14. The highest BCUT2D eigenvalue weighted by molar-refractivity contribution is 5.26. The molecule has 0 bridgehead atoms. The molecule has 18 heavy (non-hydrogen) atoms. The van der Waals surface area contributed by atoms with E-state index in [9.17, 15) is 22.0 Å². The molecule has 0 aliphatic heterocycles. The van der Waals surface area contributed by atoms with Gasteiger partial charge < -0.3 is 0 Å². The lowest BCUT2D eigenvalue weighted by atomic mass is 10.0. The van der Waals surface area contributed by atoms with Gasteiger partial charge in [0.25, 0.3) is 0 Å². The minimum atomic E-state index is -2.12. The summed E-state index contributed by atoms with van der Waals surface area (Å²) < 4.78 is 63.6. The summed E-state index contributed by atoms with van der Waals surface area (Å²) in [4.78, 5) is 0. The van der Waals surface area contributed by atoms with E-state index in [4.69, 9.17) is 0 Å². The van der Waals surface area contributed by atoms with Crippen molar-refractivity contribution in [1.29, 1.82) is 0 Å². The summed E-state index contributed by atoms with van der Waals surface area (Å²) in [5.74, 6) is -10.2. The van der Waals surface area contributed by atoms with E-state index in [0.717, 1.165) is 0 Å². The van der Waals surface area contributed by atoms with E-state index in [1.807, 2.05) is 0 Å². The maximum absolute atomic E-state index is 12.9. The Kier molecular flexibility index (Phi) is 6.88. The monoisotopic (exact) mass is 268 g/mol. The third-order valence-electron chi connectivity index (χ3n) is 2.32. The van der Waals surface area contributed by atoms with Gasteiger partial charge in [0.2, 0.25) is 5.82 Å². The molecule has 1 aromatic carbocycles. The average molecular weight is 268 g/mol. The van der Waals surface area contributed by atoms with Gasteiger partial charge in [-0.25, -0.2) is 22.0 Å². The molecule has 104 valence electrons. The fraction of sp³-hybridized carbons (Fsp3) is 0.538. The van der Waals surface area contributed by atoms with E-state index in [1.54, 1.807) is 0 Å². The van der Waals surface area contributed by atoms with Gasteiger partial charge in [-0.1, -0.05) is 40.5 Å². The Bertz CT molecular complexity index is 368. The fourth-order valence-corrected chi connectivity index (χ4v) is 1.13. The van der Waals surface area contributed by atoms with Crippen molar-refractivity contribution in [3.63, 3.8) is 0 Å². The van der Waals surface area contributed by atoms with Crippen LogP contribution in [0, 0.1) is 29.1 Å².